The van der Waals surface area contributed by atoms with Gasteiger partial charge in [0, 0.05) is 0 Å². The van der Waals surface area contributed by atoms with Gasteiger partial charge in [-0.05, 0) is 24.2 Å². The Morgan fingerprint density at radius 3 is 1.80 bits per heavy atom. The zero-order valence-electron chi connectivity index (χ0n) is 11.7. The molecule has 0 saturated carbocycles. The molecular formula is C15H32. The van der Waals surface area contributed by atoms with Gasteiger partial charge in [0.2, 0.25) is 0 Å². The Kier molecular flexibility index (Phi) is 8.19. The van der Waals surface area contributed by atoms with Crippen LogP contribution < -0.4 is 0 Å². The van der Waals surface area contributed by atoms with Crippen LogP contribution in [-0.2, 0) is 0 Å². The van der Waals surface area contributed by atoms with Crippen molar-refractivity contribution in [3.05, 3.63) is 0 Å². The summed E-state index contributed by atoms with van der Waals surface area (Å²) in [6, 6.07) is 0. The van der Waals surface area contributed by atoms with Gasteiger partial charge in [0.1, 0.15) is 0 Å². The van der Waals surface area contributed by atoms with Crippen LogP contribution in [0.1, 0.15) is 86.0 Å². The van der Waals surface area contributed by atoms with E-state index in [2.05, 4.69) is 34.6 Å². The zero-order valence-corrected chi connectivity index (χ0v) is 11.7. The molecule has 0 bridgehead atoms. The van der Waals surface area contributed by atoms with E-state index in [0.717, 1.165) is 5.92 Å². The Morgan fingerprint density at radius 1 is 0.800 bits per heavy atom. The Hall–Kier alpha value is 0. The molecule has 0 N–H and O–H groups in total. The van der Waals surface area contributed by atoms with Gasteiger partial charge in [-0.15, -0.1) is 0 Å². The molecule has 0 aromatic carbocycles. The summed E-state index contributed by atoms with van der Waals surface area (Å²) < 4.78 is 0. The predicted octanol–water partition coefficient (Wildman–Crippen LogP) is 5.81. The van der Waals surface area contributed by atoms with Gasteiger partial charge >= 0.3 is 0 Å². The molecule has 0 heterocycles. The van der Waals surface area contributed by atoms with Gasteiger partial charge in [0.25, 0.3) is 0 Å². The number of rotatable bonds is 9. The van der Waals surface area contributed by atoms with Crippen molar-refractivity contribution in [2.24, 2.45) is 11.3 Å². The van der Waals surface area contributed by atoms with Crippen molar-refractivity contribution in [3.63, 3.8) is 0 Å². The normalized spacial score (nSPS) is 14.2. The van der Waals surface area contributed by atoms with Crippen LogP contribution >= 0.6 is 0 Å². The highest BCUT2D eigenvalue weighted by atomic mass is 14.3. The van der Waals surface area contributed by atoms with E-state index in [9.17, 15) is 0 Å². The van der Waals surface area contributed by atoms with Gasteiger partial charge < -0.3 is 0 Å². The summed E-state index contributed by atoms with van der Waals surface area (Å²) in [4.78, 5) is 0. The van der Waals surface area contributed by atoms with Crippen molar-refractivity contribution in [2.75, 3.05) is 0 Å². The highest BCUT2D eigenvalue weighted by Crippen LogP contribution is 2.38. The topological polar surface area (TPSA) is 0 Å². The molecule has 0 saturated heterocycles. The summed E-state index contributed by atoms with van der Waals surface area (Å²) in [5.74, 6) is 0.935. The summed E-state index contributed by atoms with van der Waals surface area (Å²) in [6.45, 7) is 11.8. The second-order valence-corrected chi connectivity index (χ2v) is 5.39. The standard InChI is InChI=1S/C15H32/c1-6-10-14(5)11-13-15(8-3,9-4)12-7-2/h14H,6-13H2,1-5H3. The lowest BCUT2D eigenvalue weighted by molar-refractivity contribution is 0.196. The number of hydrogen-bond acceptors (Lipinski definition) is 0. The number of hydrogen-bond donors (Lipinski definition) is 0. The first-order valence-electron chi connectivity index (χ1n) is 7.14. The predicted molar refractivity (Wildman–Crippen MR) is 71.2 cm³/mol. The summed E-state index contributed by atoms with van der Waals surface area (Å²) in [5, 5.41) is 0. The Balaban J connectivity index is 4.04. The molecule has 0 aliphatic carbocycles. The lowest BCUT2D eigenvalue weighted by atomic mass is 9.73. The molecule has 0 aromatic heterocycles. The third-order valence-corrected chi connectivity index (χ3v) is 4.23. The smallest absolute Gasteiger partial charge is 0.0303 e. The van der Waals surface area contributed by atoms with Gasteiger partial charge in [0.15, 0.2) is 0 Å². The molecule has 0 spiro atoms. The molecule has 15 heavy (non-hydrogen) atoms. The van der Waals surface area contributed by atoms with Crippen LogP contribution in [-0.4, -0.2) is 0 Å². The van der Waals surface area contributed by atoms with E-state index in [1.54, 1.807) is 0 Å². The molecule has 92 valence electrons. The Morgan fingerprint density at radius 2 is 1.40 bits per heavy atom. The quantitative estimate of drug-likeness (QED) is 0.452. The van der Waals surface area contributed by atoms with Crippen molar-refractivity contribution in [3.8, 4) is 0 Å². The first kappa shape index (κ1) is 15.0. The van der Waals surface area contributed by atoms with Crippen molar-refractivity contribution in [1.29, 1.82) is 0 Å². The minimum absolute atomic E-state index is 0.663. The van der Waals surface area contributed by atoms with Crippen LogP contribution in [0.25, 0.3) is 0 Å². The first-order chi connectivity index (χ1) is 7.14. The molecule has 0 amide bonds. The van der Waals surface area contributed by atoms with E-state index in [-0.39, 0.29) is 0 Å². The molecule has 0 aliphatic rings. The average Bonchev–Trinajstić information content (AvgIpc) is 2.25. The van der Waals surface area contributed by atoms with E-state index in [1.165, 1.54) is 51.4 Å². The molecular weight excluding hydrogens is 180 g/mol. The minimum atomic E-state index is 0.663. The Bertz CT molecular complexity index is 133. The SMILES string of the molecule is CCCC(C)CCC(CC)(CC)CCC. The van der Waals surface area contributed by atoms with Crippen molar-refractivity contribution >= 4 is 0 Å². The maximum absolute atomic E-state index is 2.42. The maximum Gasteiger partial charge on any atom is -0.0303 e. The molecule has 0 nitrogen and oxygen atoms in total. The third kappa shape index (κ3) is 5.58. The highest BCUT2D eigenvalue weighted by molar-refractivity contribution is 4.76. The molecule has 1 atom stereocenters. The molecule has 0 heteroatoms. The van der Waals surface area contributed by atoms with E-state index in [0.29, 0.717) is 5.41 Å². The van der Waals surface area contributed by atoms with Gasteiger partial charge in [-0.1, -0.05) is 73.1 Å². The zero-order chi connectivity index (χ0) is 11.7. The fourth-order valence-corrected chi connectivity index (χ4v) is 2.80. The lowest BCUT2D eigenvalue weighted by Gasteiger charge is -2.32. The highest BCUT2D eigenvalue weighted by Gasteiger charge is 2.24. The summed E-state index contributed by atoms with van der Waals surface area (Å²) in [7, 11) is 0. The van der Waals surface area contributed by atoms with Gasteiger partial charge in [-0.3, -0.25) is 0 Å². The minimum Gasteiger partial charge on any atom is -0.0654 e. The largest absolute Gasteiger partial charge is 0.0654 e. The van der Waals surface area contributed by atoms with Crippen LogP contribution in [0, 0.1) is 11.3 Å². The van der Waals surface area contributed by atoms with Crippen LogP contribution in [0.3, 0.4) is 0 Å². The molecule has 0 fully saturated rings. The summed E-state index contributed by atoms with van der Waals surface area (Å²) in [6.07, 6.45) is 11.2. The van der Waals surface area contributed by atoms with E-state index in [4.69, 9.17) is 0 Å². The molecule has 0 rings (SSSR count). The van der Waals surface area contributed by atoms with Crippen molar-refractivity contribution < 1.29 is 0 Å². The lowest BCUT2D eigenvalue weighted by Crippen LogP contribution is -2.19. The molecule has 0 aliphatic heterocycles. The summed E-state index contributed by atoms with van der Waals surface area (Å²) in [5.41, 5.74) is 0.663. The third-order valence-electron chi connectivity index (χ3n) is 4.23. The monoisotopic (exact) mass is 212 g/mol. The van der Waals surface area contributed by atoms with Crippen LogP contribution in [0.5, 0.6) is 0 Å². The first-order valence-corrected chi connectivity index (χ1v) is 7.14. The van der Waals surface area contributed by atoms with Crippen LogP contribution in [0.2, 0.25) is 0 Å². The summed E-state index contributed by atoms with van der Waals surface area (Å²) >= 11 is 0. The second kappa shape index (κ2) is 8.19. The second-order valence-electron chi connectivity index (χ2n) is 5.39. The van der Waals surface area contributed by atoms with Crippen molar-refractivity contribution in [1.82, 2.24) is 0 Å². The van der Waals surface area contributed by atoms with Crippen molar-refractivity contribution in [2.45, 2.75) is 86.0 Å². The average molecular weight is 212 g/mol. The maximum atomic E-state index is 2.42. The Labute approximate surface area is 97.8 Å². The molecule has 0 radical (unpaired) electrons. The molecule has 0 aromatic rings. The van der Waals surface area contributed by atoms with E-state index >= 15 is 0 Å². The van der Waals surface area contributed by atoms with Gasteiger partial charge in [-0.2, -0.15) is 0 Å². The molecule has 1 unspecified atom stereocenters. The van der Waals surface area contributed by atoms with Gasteiger partial charge in [0.05, 0.1) is 0 Å². The van der Waals surface area contributed by atoms with E-state index < -0.39 is 0 Å². The fraction of sp³-hybridized carbons (Fsp3) is 1.00. The van der Waals surface area contributed by atoms with Gasteiger partial charge in [-0.25, -0.2) is 0 Å². The van der Waals surface area contributed by atoms with Crippen LogP contribution in [0.4, 0.5) is 0 Å². The van der Waals surface area contributed by atoms with Crippen LogP contribution in [0.15, 0.2) is 0 Å². The fourth-order valence-electron chi connectivity index (χ4n) is 2.80. The van der Waals surface area contributed by atoms with E-state index in [1.807, 2.05) is 0 Å².